The van der Waals surface area contributed by atoms with Gasteiger partial charge in [-0.1, -0.05) is 12.5 Å². The van der Waals surface area contributed by atoms with E-state index in [2.05, 4.69) is 29.5 Å². The highest BCUT2D eigenvalue weighted by atomic mass is 32.1. The summed E-state index contributed by atoms with van der Waals surface area (Å²) in [6.07, 6.45) is 2.77. The Bertz CT molecular complexity index is 360. The number of nitrogens with zero attached hydrogens (tertiary/aromatic N) is 1. The molecule has 3 nitrogen and oxygen atoms in total. The van der Waals surface area contributed by atoms with Gasteiger partial charge in [0.1, 0.15) is 0 Å². The van der Waals surface area contributed by atoms with Gasteiger partial charge in [0, 0.05) is 11.4 Å². The standard InChI is InChI=1S/C14H23NO2S/c1-14(2,13(16)17)8-4-5-9-15(3)11-12-7-6-10-18-12/h6-7,10H,4-5,8-9,11H2,1-3H3,(H,16,17). The quantitative estimate of drug-likeness (QED) is 0.735. The van der Waals surface area contributed by atoms with Crippen LogP contribution in [-0.4, -0.2) is 29.6 Å². The molecule has 102 valence electrons. The third kappa shape index (κ3) is 5.19. The first-order valence-electron chi connectivity index (χ1n) is 6.36. The highest BCUT2D eigenvalue weighted by Gasteiger charge is 2.25. The number of rotatable bonds is 8. The molecule has 1 aromatic rings. The molecule has 0 amide bonds. The Morgan fingerprint density at radius 2 is 2.17 bits per heavy atom. The van der Waals surface area contributed by atoms with Crippen LogP contribution in [0.25, 0.3) is 0 Å². The zero-order chi connectivity index (χ0) is 13.6. The predicted molar refractivity (Wildman–Crippen MR) is 75.9 cm³/mol. The summed E-state index contributed by atoms with van der Waals surface area (Å²) in [4.78, 5) is 14.6. The normalized spacial score (nSPS) is 12.0. The van der Waals surface area contributed by atoms with Crippen molar-refractivity contribution in [3.05, 3.63) is 22.4 Å². The van der Waals surface area contributed by atoms with Crippen molar-refractivity contribution in [2.45, 2.75) is 39.7 Å². The zero-order valence-corrected chi connectivity index (χ0v) is 12.3. The monoisotopic (exact) mass is 269 g/mol. The molecule has 0 atom stereocenters. The number of carboxylic acid groups (broad SMARTS) is 1. The Balaban J connectivity index is 2.16. The second-order valence-electron chi connectivity index (χ2n) is 5.46. The molecule has 0 fully saturated rings. The van der Waals surface area contributed by atoms with Gasteiger partial charge in [-0.15, -0.1) is 11.3 Å². The molecule has 0 bridgehead atoms. The molecule has 0 saturated carbocycles. The van der Waals surface area contributed by atoms with Crippen molar-refractivity contribution < 1.29 is 9.90 Å². The predicted octanol–water partition coefficient (Wildman–Crippen LogP) is 3.46. The fraction of sp³-hybridized carbons (Fsp3) is 0.643. The van der Waals surface area contributed by atoms with Crippen LogP contribution in [0.15, 0.2) is 17.5 Å². The van der Waals surface area contributed by atoms with Crippen molar-refractivity contribution in [3.63, 3.8) is 0 Å². The van der Waals surface area contributed by atoms with Crippen LogP contribution in [-0.2, 0) is 11.3 Å². The van der Waals surface area contributed by atoms with E-state index in [-0.39, 0.29) is 0 Å². The summed E-state index contributed by atoms with van der Waals surface area (Å²) in [6.45, 7) is 5.60. The van der Waals surface area contributed by atoms with Gasteiger partial charge in [-0.05, 0) is 51.7 Å². The lowest BCUT2D eigenvalue weighted by molar-refractivity contribution is -0.147. The number of carboxylic acids is 1. The number of carbonyl (C=O) groups is 1. The molecular formula is C14H23NO2S. The van der Waals surface area contributed by atoms with Crippen LogP contribution >= 0.6 is 11.3 Å². The minimum Gasteiger partial charge on any atom is -0.481 e. The van der Waals surface area contributed by atoms with E-state index in [9.17, 15) is 4.79 Å². The number of aliphatic carboxylic acids is 1. The van der Waals surface area contributed by atoms with Crippen molar-refractivity contribution >= 4 is 17.3 Å². The van der Waals surface area contributed by atoms with Crippen molar-refractivity contribution in [3.8, 4) is 0 Å². The van der Waals surface area contributed by atoms with E-state index in [0.717, 1.165) is 32.4 Å². The molecule has 1 rings (SSSR count). The minimum absolute atomic E-state index is 0.591. The van der Waals surface area contributed by atoms with Gasteiger partial charge in [0.15, 0.2) is 0 Å². The Kier molecular flexibility index (Phi) is 5.82. The Morgan fingerprint density at radius 3 is 2.72 bits per heavy atom. The highest BCUT2D eigenvalue weighted by Crippen LogP contribution is 2.23. The fourth-order valence-electron chi connectivity index (χ4n) is 1.80. The topological polar surface area (TPSA) is 40.5 Å². The molecule has 0 saturated heterocycles. The first kappa shape index (κ1) is 15.2. The maximum absolute atomic E-state index is 11.0. The molecule has 0 aliphatic carbocycles. The molecule has 0 unspecified atom stereocenters. The lowest BCUT2D eigenvalue weighted by atomic mass is 9.87. The molecule has 0 aliphatic rings. The molecular weight excluding hydrogens is 246 g/mol. The summed E-state index contributed by atoms with van der Waals surface area (Å²) >= 11 is 1.78. The lowest BCUT2D eigenvalue weighted by Gasteiger charge is -2.20. The van der Waals surface area contributed by atoms with E-state index in [1.165, 1.54) is 4.88 Å². The molecule has 0 aliphatic heterocycles. The maximum atomic E-state index is 11.0. The summed E-state index contributed by atoms with van der Waals surface area (Å²) in [7, 11) is 2.11. The van der Waals surface area contributed by atoms with E-state index in [4.69, 9.17) is 5.11 Å². The van der Waals surface area contributed by atoms with E-state index in [1.54, 1.807) is 25.2 Å². The molecule has 0 aromatic carbocycles. The summed E-state index contributed by atoms with van der Waals surface area (Å²) in [5.74, 6) is -0.700. The summed E-state index contributed by atoms with van der Waals surface area (Å²) < 4.78 is 0. The van der Waals surface area contributed by atoms with Crippen molar-refractivity contribution in [2.75, 3.05) is 13.6 Å². The second-order valence-corrected chi connectivity index (χ2v) is 6.50. The second kappa shape index (κ2) is 6.90. The molecule has 1 N–H and O–H groups in total. The molecule has 4 heteroatoms. The zero-order valence-electron chi connectivity index (χ0n) is 11.5. The van der Waals surface area contributed by atoms with E-state index < -0.39 is 11.4 Å². The Labute approximate surface area is 113 Å². The number of hydrogen-bond donors (Lipinski definition) is 1. The van der Waals surface area contributed by atoms with Gasteiger partial charge in [-0.3, -0.25) is 4.79 Å². The van der Waals surface area contributed by atoms with Crippen LogP contribution in [0.3, 0.4) is 0 Å². The van der Waals surface area contributed by atoms with Gasteiger partial charge in [-0.25, -0.2) is 0 Å². The average molecular weight is 269 g/mol. The van der Waals surface area contributed by atoms with Crippen LogP contribution in [0.2, 0.25) is 0 Å². The van der Waals surface area contributed by atoms with Crippen LogP contribution in [0.4, 0.5) is 0 Å². The van der Waals surface area contributed by atoms with Gasteiger partial charge >= 0.3 is 5.97 Å². The third-order valence-electron chi connectivity index (χ3n) is 3.18. The fourth-order valence-corrected chi connectivity index (χ4v) is 2.59. The van der Waals surface area contributed by atoms with Crippen molar-refractivity contribution in [1.82, 2.24) is 4.90 Å². The van der Waals surface area contributed by atoms with Crippen molar-refractivity contribution in [2.24, 2.45) is 5.41 Å². The number of hydrogen-bond acceptors (Lipinski definition) is 3. The SMILES string of the molecule is CN(CCCCC(C)(C)C(=O)O)Cc1cccs1. The van der Waals surface area contributed by atoms with Gasteiger partial charge in [0.25, 0.3) is 0 Å². The third-order valence-corrected chi connectivity index (χ3v) is 4.04. The van der Waals surface area contributed by atoms with Gasteiger partial charge < -0.3 is 10.0 Å². The molecule has 0 radical (unpaired) electrons. The smallest absolute Gasteiger partial charge is 0.309 e. The van der Waals surface area contributed by atoms with E-state index >= 15 is 0 Å². The first-order chi connectivity index (χ1) is 8.42. The number of unbranched alkanes of at least 4 members (excludes halogenated alkanes) is 1. The summed E-state index contributed by atoms with van der Waals surface area (Å²) in [6, 6.07) is 4.22. The van der Waals surface area contributed by atoms with E-state index in [1.807, 2.05) is 0 Å². The minimum atomic E-state index is -0.700. The first-order valence-corrected chi connectivity index (χ1v) is 7.24. The van der Waals surface area contributed by atoms with Crippen molar-refractivity contribution in [1.29, 1.82) is 0 Å². The Morgan fingerprint density at radius 1 is 1.44 bits per heavy atom. The molecule has 1 heterocycles. The molecule has 1 aromatic heterocycles. The summed E-state index contributed by atoms with van der Waals surface area (Å²) in [5, 5.41) is 11.1. The van der Waals surface area contributed by atoms with E-state index in [0.29, 0.717) is 0 Å². The average Bonchev–Trinajstić information content (AvgIpc) is 2.77. The number of thiophene rings is 1. The van der Waals surface area contributed by atoms with Crippen LogP contribution in [0.1, 0.15) is 38.0 Å². The Hall–Kier alpha value is -0.870. The molecule has 18 heavy (non-hydrogen) atoms. The highest BCUT2D eigenvalue weighted by molar-refractivity contribution is 7.09. The summed E-state index contributed by atoms with van der Waals surface area (Å²) in [5.41, 5.74) is -0.591. The van der Waals surface area contributed by atoms with Gasteiger partial charge in [0.2, 0.25) is 0 Å². The van der Waals surface area contributed by atoms with Gasteiger partial charge in [0.05, 0.1) is 5.41 Å². The van der Waals surface area contributed by atoms with Crippen LogP contribution < -0.4 is 0 Å². The maximum Gasteiger partial charge on any atom is 0.309 e. The molecule has 0 spiro atoms. The van der Waals surface area contributed by atoms with Crippen LogP contribution in [0.5, 0.6) is 0 Å². The lowest BCUT2D eigenvalue weighted by Crippen LogP contribution is -2.24. The van der Waals surface area contributed by atoms with Crippen LogP contribution in [0, 0.1) is 5.41 Å². The van der Waals surface area contributed by atoms with Gasteiger partial charge in [-0.2, -0.15) is 0 Å². The largest absolute Gasteiger partial charge is 0.481 e.